The maximum absolute atomic E-state index is 12.7. The Bertz CT molecular complexity index is 629. The lowest BCUT2D eigenvalue weighted by Crippen LogP contribution is -2.36. The summed E-state index contributed by atoms with van der Waals surface area (Å²) in [6, 6.07) is 11.7. The molecule has 0 saturated heterocycles. The standard InChI is InChI=1S/C16H18BrN3O/c1-11(2)20(10-12-6-4-3-5-7-12)16(21)14-8-13(17)9-19-15(14)18/h3-9,11H,10H2,1-2H3,(H2,18,19). The Morgan fingerprint density at radius 3 is 2.62 bits per heavy atom. The number of nitrogen functional groups attached to an aromatic ring is 1. The molecule has 110 valence electrons. The molecule has 0 unspecified atom stereocenters. The summed E-state index contributed by atoms with van der Waals surface area (Å²) < 4.78 is 0.739. The molecule has 0 fully saturated rings. The number of hydrogen-bond acceptors (Lipinski definition) is 3. The summed E-state index contributed by atoms with van der Waals surface area (Å²) in [7, 11) is 0. The fourth-order valence-corrected chi connectivity index (χ4v) is 2.38. The van der Waals surface area contributed by atoms with Gasteiger partial charge in [0.15, 0.2) is 0 Å². The van der Waals surface area contributed by atoms with Crippen LogP contribution in [0.5, 0.6) is 0 Å². The number of pyridine rings is 1. The van der Waals surface area contributed by atoms with E-state index in [0.29, 0.717) is 12.1 Å². The average Bonchev–Trinajstić information content (AvgIpc) is 2.47. The third-order valence-electron chi connectivity index (χ3n) is 3.20. The Kier molecular flexibility index (Phi) is 4.96. The van der Waals surface area contributed by atoms with E-state index < -0.39 is 0 Å². The van der Waals surface area contributed by atoms with Crippen molar-refractivity contribution < 1.29 is 4.79 Å². The van der Waals surface area contributed by atoms with Crippen molar-refractivity contribution in [2.24, 2.45) is 0 Å². The summed E-state index contributed by atoms with van der Waals surface area (Å²) in [5.41, 5.74) is 7.35. The first-order valence-electron chi connectivity index (χ1n) is 6.75. The molecule has 1 aromatic carbocycles. The Hall–Kier alpha value is -1.88. The quantitative estimate of drug-likeness (QED) is 0.920. The van der Waals surface area contributed by atoms with Crippen LogP contribution in [-0.4, -0.2) is 21.8 Å². The van der Waals surface area contributed by atoms with Crippen molar-refractivity contribution in [3.8, 4) is 0 Å². The van der Waals surface area contributed by atoms with Gasteiger partial charge in [0.1, 0.15) is 5.82 Å². The van der Waals surface area contributed by atoms with Crippen molar-refractivity contribution in [3.05, 3.63) is 58.2 Å². The Labute approximate surface area is 133 Å². The monoisotopic (exact) mass is 347 g/mol. The molecule has 0 aliphatic rings. The number of rotatable bonds is 4. The molecule has 2 N–H and O–H groups in total. The maximum atomic E-state index is 12.7. The molecule has 1 amide bonds. The zero-order valence-electron chi connectivity index (χ0n) is 12.1. The lowest BCUT2D eigenvalue weighted by molar-refractivity contribution is 0.0691. The molecule has 0 atom stereocenters. The molecule has 1 aromatic heterocycles. The Morgan fingerprint density at radius 2 is 2.00 bits per heavy atom. The minimum atomic E-state index is -0.111. The lowest BCUT2D eigenvalue weighted by atomic mass is 10.1. The van der Waals surface area contributed by atoms with Gasteiger partial charge >= 0.3 is 0 Å². The van der Waals surface area contributed by atoms with Crippen LogP contribution in [0, 0.1) is 0 Å². The van der Waals surface area contributed by atoms with E-state index in [9.17, 15) is 4.79 Å². The van der Waals surface area contributed by atoms with Gasteiger partial charge in [0.25, 0.3) is 5.91 Å². The molecule has 4 nitrogen and oxygen atoms in total. The highest BCUT2D eigenvalue weighted by Gasteiger charge is 2.21. The van der Waals surface area contributed by atoms with E-state index in [0.717, 1.165) is 10.0 Å². The normalized spacial score (nSPS) is 10.7. The molecule has 5 heteroatoms. The van der Waals surface area contributed by atoms with E-state index in [1.807, 2.05) is 44.2 Å². The number of halogens is 1. The van der Waals surface area contributed by atoms with Crippen LogP contribution < -0.4 is 5.73 Å². The van der Waals surface area contributed by atoms with Crippen molar-refractivity contribution in [2.45, 2.75) is 26.4 Å². The zero-order valence-corrected chi connectivity index (χ0v) is 13.7. The molecule has 2 rings (SSSR count). The van der Waals surface area contributed by atoms with Crippen molar-refractivity contribution >= 4 is 27.7 Å². The lowest BCUT2D eigenvalue weighted by Gasteiger charge is -2.27. The van der Waals surface area contributed by atoms with Gasteiger partial charge in [0.2, 0.25) is 0 Å². The fourth-order valence-electron chi connectivity index (χ4n) is 2.04. The predicted molar refractivity (Wildman–Crippen MR) is 87.8 cm³/mol. The van der Waals surface area contributed by atoms with Crippen LogP contribution in [-0.2, 0) is 6.54 Å². The highest BCUT2D eigenvalue weighted by molar-refractivity contribution is 9.10. The predicted octanol–water partition coefficient (Wildman–Crippen LogP) is 3.48. The van der Waals surface area contributed by atoms with Gasteiger partial charge < -0.3 is 10.6 Å². The number of anilines is 1. The highest BCUT2D eigenvalue weighted by Crippen LogP contribution is 2.20. The number of carbonyl (C=O) groups excluding carboxylic acids is 1. The average molecular weight is 348 g/mol. The van der Waals surface area contributed by atoms with Crippen LogP contribution in [0.2, 0.25) is 0 Å². The topological polar surface area (TPSA) is 59.2 Å². The first-order valence-corrected chi connectivity index (χ1v) is 7.54. The minimum absolute atomic E-state index is 0.0658. The first kappa shape index (κ1) is 15.5. The highest BCUT2D eigenvalue weighted by atomic mass is 79.9. The summed E-state index contributed by atoms with van der Waals surface area (Å²) in [6.07, 6.45) is 1.59. The summed E-state index contributed by atoms with van der Waals surface area (Å²) in [6.45, 7) is 4.52. The molecule has 0 bridgehead atoms. The van der Waals surface area contributed by atoms with Crippen molar-refractivity contribution in [3.63, 3.8) is 0 Å². The molecular weight excluding hydrogens is 330 g/mol. The Morgan fingerprint density at radius 1 is 1.33 bits per heavy atom. The van der Waals surface area contributed by atoms with Gasteiger partial charge in [0.05, 0.1) is 5.56 Å². The number of nitrogens with two attached hydrogens (primary N) is 1. The smallest absolute Gasteiger partial charge is 0.258 e. The summed E-state index contributed by atoms with van der Waals surface area (Å²) in [5.74, 6) is 0.141. The van der Waals surface area contributed by atoms with Gasteiger partial charge in [0, 0.05) is 23.3 Å². The van der Waals surface area contributed by atoms with Crippen LogP contribution in [0.3, 0.4) is 0 Å². The number of aromatic nitrogens is 1. The van der Waals surface area contributed by atoms with Gasteiger partial charge in [-0.2, -0.15) is 0 Å². The van der Waals surface area contributed by atoms with Crippen LogP contribution in [0.25, 0.3) is 0 Å². The largest absolute Gasteiger partial charge is 0.383 e. The van der Waals surface area contributed by atoms with Crippen LogP contribution in [0.15, 0.2) is 47.1 Å². The van der Waals surface area contributed by atoms with Crippen LogP contribution in [0.1, 0.15) is 29.8 Å². The first-order chi connectivity index (χ1) is 9.99. The van der Waals surface area contributed by atoms with Gasteiger partial charge in [-0.3, -0.25) is 4.79 Å². The van der Waals surface area contributed by atoms with E-state index >= 15 is 0 Å². The molecule has 2 aromatic rings. The number of benzene rings is 1. The van der Waals surface area contributed by atoms with Gasteiger partial charge in [-0.25, -0.2) is 4.98 Å². The van der Waals surface area contributed by atoms with E-state index in [1.165, 1.54) is 0 Å². The summed E-state index contributed by atoms with van der Waals surface area (Å²) in [4.78, 5) is 18.6. The third kappa shape index (κ3) is 3.82. The van der Waals surface area contributed by atoms with Gasteiger partial charge in [-0.1, -0.05) is 30.3 Å². The molecule has 0 aliphatic heterocycles. The van der Waals surface area contributed by atoms with E-state index in [4.69, 9.17) is 5.73 Å². The minimum Gasteiger partial charge on any atom is -0.383 e. The molecule has 21 heavy (non-hydrogen) atoms. The maximum Gasteiger partial charge on any atom is 0.258 e. The van der Waals surface area contributed by atoms with Crippen molar-refractivity contribution in [2.75, 3.05) is 5.73 Å². The second-order valence-corrected chi connectivity index (χ2v) is 6.01. The number of nitrogens with zero attached hydrogens (tertiary/aromatic N) is 2. The summed E-state index contributed by atoms with van der Waals surface area (Å²) in [5, 5.41) is 0. The molecule has 0 radical (unpaired) electrons. The Balaban J connectivity index is 2.30. The fraction of sp³-hybridized carbons (Fsp3) is 0.250. The molecular formula is C16H18BrN3O. The number of amides is 1. The second kappa shape index (κ2) is 6.72. The van der Waals surface area contributed by atoms with Crippen LogP contribution in [0.4, 0.5) is 5.82 Å². The van der Waals surface area contributed by atoms with E-state index in [1.54, 1.807) is 17.2 Å². The molecule has 1 heterocycles. The summed E-state index contributed by atoms with van der Waals surface area (Å²) >= 11 is 3.33. The van der Waals surface area contributed by atoms with Crippen molar-refractivity contribution in [1.29, 1.82) is 0 Å². The van der Waals surface area contributed by atoms with Crippen LogP contribution >= 0.6 is 15.9 Å². The number of carbonyl (C=O) groups is 1. The van der Waals surface area contributed by atoms with E-state index in [2.05, 4.69) is 20.9 Å². The van der Waals surface area contributed by atoms with Gasteiger partial charge in [-0.05, 0) is 41.4 Å². The van der Waals surface area contributed by atoms with Crippen molar-refractivity contribution in [1.82, 2.24) is 9.88 Å². The molecule has 0 aliphatic carbocycles. The third-order valence-corrected chi connectivity index (χ3v) is 3.63. The van der Waals surface area contributed by atoms with E-state index in [-0.39, 0.29) is 17.8 Å². The van der Waals surface area contributed by atoms with Gasteiger partial charge in [-0.15, -0.1) is 0 Å². The molecule has 0 saturated carbocycles. The zero-order chi connectivity index (χ0) is 15.4. The SMILES string of the molecule is CC(C)N(Cc1ccccc1)C(=O)c1cc(Br)cnc1N. The molecule has 0 spiro atoms. The second-order valence-electron chi connectivity index (χ2n) is 5.10. The number of hydrogen-bond donors (Lipinski definition) is 1.